The molecule has 2 aliphatic heterocycles. The number of carbonyl (C=O) groups excluding carboxylic acids is 1. The van der Waals surface area contributed by atoms with Gasteiger partial charge in [-0.2, -0.15) is 26.3 Å². The minimum atomic E-state index is -4.80. The maximum absolute atomic E-state index is 14.2. The van der Waals surface area contributed by atoms with Crippen molar-refractivity contribution in [3.8, 4) is 0 Å². The summed E-state index contributed by atoms with van der Waals surface area (Å²) in [6.07, 6.45) is -7.44. The smallest absolute Gasteiger partial charge is 0.362 e. The molecule has 0 saturated carbocycles. The van der Waals surface area contributed by atoms with Crippen molar-refractivity contribution in [3.05, 3.63) is 53.3 Å². The second-order valence-electron chi connectivity index (χ2n) is 7.91. The molecule has 2 saturated heterocycles. The van der Waals surface area contributed by atoms with Crippen LogP contribution in [0.25, 0.3) is 0 Å². The van der Waals surface area contributed by atoms with Crippen LogP contribution in [0.3, 0.4) is 0 Å². The summed E-state index contributed by atoms with van der Waals surface area (Å²) in [7, 11) is 0. The number of halogens is 6. The Balaban J connectivity index is 1.54. The van der Waals surface area contributed by atoms with Crippen LogP contribution in [-0.4, -0.2) is 52.8 Å². The van der Waals surface area contributed by atoms with Crippen molar-refractivity contribution < 1.29 is 36.0 Å². The predicted molar refractivity (Wildman–Crippen MR) is 111 cm³/mol. The fourth-order valence-corrected chi connectivity index (χ4v) is 4.15. The summed E-state index contributed by atoms with van der Waals surface area (Å²) in [5, 5.41) is 2.77. The van der Waals surface area contributed by atoms with Crippen molar-refractivity contribution >= 4 is 29.1 Å². The topological polar surface area (TPSA) is 79.4 Å². The molecule has 2 aromatic rings. The Labute approximate surface area is 194 Å². The number of anilines is 1. The van der Waals surface area contributed by atoms with Crippen LogP contribution in [0.15, 0.2) is 36.7 Å². The first-order valence-corrected chi connectivity index (χ1v) is 10.4. The molecule has 2 aliphatic rings. The van der Waals surface area contributed by atoms with Gasteiger partial charge in [-0.25, -0.2) is 15.4 Å². The Kier molecular flexibility index (Phi) is 6.14. The molecule has 14 heteroatoms. The highest BCUT2D eigenvalue weighted by Crippen LogP contribution is 2.49. The van der Waals surface area contributed by atoms with Crippen LogP contribution in [0.1, 0.15) is 23.1 Å². The van der Waals surface area contributed by atoms with Crippen molar-refractivity contribution in [3.63, 3.8) is 0 Å². The van der Waals surface area contributed by atoms with Crippen molar-refractivity contribution in [2.45, 2.75) is 30.2 Å². The fourth-order valence-electron chi connectivity index (χ4n) is 3.90. The zero-order valence-corrected chi connectivity index (χ0v) is 18.0. The molecule has 4 rings (SSSR count). The minimum Gasteiger partial charge on any atom is -0.362 e. The SMILES string of the molecule is O=C1NOCC1NC(=S)c1cnc(N2CCC(c3cccc(C(F)(F)F)c3)(C(F)(F)F)C2)nc1. The van der Waals surface area contributed by atoms with Gasteiger partial charge in [0.25, 0.3) is 5.91 Å². The summed E-state index contributed by atoms with van der Waals surface area (Å²) in [5.41, 5.74) is -1.62. The summed E-state index contributed by atoms with van der Waals surface area (Å²) in [5.74, 6) is -0.429. The first kappa shape index (κ1) is 24.1. The molecule has 2 atom stereocenters. The van der Waals surface area contributed by atoms with Gasteiger partial charge in [0, 0.05) is 31.0 Å². The zero-order valence-electron chi connectivity index (χ0n) is 17.2. The lowest BCUT2D eigenvalue weighted by Gasteiger charge is -2.32. The lowest BCUT2D eigenvalue weighted by molar-refractivity contribution is -0.184. The average molecular weight is 505 g/mol. The number of aromatic nitrogens is 2. The van der Waals surface area contributed by atoms with Crippen LogP contribution in [0.2, 0.25) is 0 Å². The van der Waals surface area contributed by atoms with E-state index in [1.807, 2.05) is 0 Å². The van der Waals surface area contributed by atoms with Crippen molar-refractivity contribution in [1.82, 2.24) is 20.8 Å². The molecule has 0 aliphatic carbocycles. The monoisotopic (exact) mass is 505 g/mol. The number of benzene rings is 1. The number of alkyl halides is 6. The summed E-state index contributed by atoms with van der Waals surface area (Å²) in [4.78, 5) is 25.9. The molecule has 1 amide bonds. The predicted octanol–water partition coefficient (Wildman–Crippen LogP) is 2.90. The second kappa shape index (κ2) is 8.65. The number of thiocarbonyl (C=S) groups is 1. The van der Waals surface area contributed by atoms with E-state index in [0.29, 0.717) is 11.6 Å². The summed E-state index contributed by atoms with van der Waals surface area (Å²) in [6, 6.07) is 2.62. The lowest BCUT2D eigenvalue weighted by atomic mass is 9.78. The van der Waals surface area contributed by atoms with E-state index in [1.54, 1.807) is 0 Å². The van der Waals surface area contributed by atoms with E-state index < -0.39 is 53.8 Å². The van der Waals surface area contributed by atoms with Gasteiger partial charge < -0.3 is 10.2 Å². The number of hydrogen-bond donors (Lipinski definition) is 2. The van der Waals surface area contributed by atoms with Gasteiger partial charge in [-0.05, 0) is 18.1 Å². The van der Waals surface area contributed by atoms with E-state index in [9.17, 15) is 31.1 Å². The van der Waals surface area contributed by atoms with Gasteiger partial charge in [-0.1, -0.05) is 30.4 Å². The molecular weight excluding hydrogens is 488 g/mol. The molecule has 1 aromatic carbocycles. The number of rotatable bonds is 4. The van der Waals surface area contributed by atoms with E-state index in [0.717, 1.165) is 18.2 Å². The van der Waals surface area contributed by atoms with Crippen LogP contribution in [0, 0.1) is 0 Å². The third-order valence-electron chi connectivity index (χ3n) is 5.78. The van der Waals surface area contributed by atoms with Crippen LogP contribution in [0.5, 0.6) is 0 Å². The van der Waals surface area contributed by atoms with Crippen LogP contribution >= 0.6 is 12.2 Å². The maximum Gasteiger partial charge on any atom is 0.416 e. The van der Waals surface area contributed by atoms with Gasteiger partial charge in [0.2, 0.25) is 5.95 Å². The second-order valence-corrected chi connectivity index (χ2v) is 8.31. The van der Waals surface area contributed by atoms with E-state index in [4.69, 9.17) is 17.1 Å². The highest BCUT2D eigenvalue weighted by atomic mass is 32.1. The quantitative estimate of drug-likeness (QED) is 0.489. The van der Waals surface area contributed by atoms with E-state index in [2.05, 4.69) is 20.8 Å². The van der Waals surface area contributed by atoms with E-state index in [-0.39, 0.29) is 24.1 Å². The Hall–Kier alpha value is -3.00. The molecular formula is C20H17F6N5O2S. The molecule has 0 bridgehead atoms. The molecule has 1 aromatic heterocycles. The number of nitrogens with zero attached hydrogens (tertiary/aromatic N) is 3. The van der Waals surface area contributed by atoms with Crippen LogP contribution in [-0.2, 0) is 21.2 Å². The number of carbonyl (C=O) groups is 1. The van der Waals surface area contributed by atoms with Crippen molar-refractivity contribution in [2.24, 2.45) is 0 Å². The molecule has 34 heavy (non-hydrogen) atoms. The highest BCUT2D eigenvalue weighted by molar-refractivity contribution is 7.80. The molecule has 2 N–H and O–H groups in total. The van der Waals surface area contributed by atoms with Gasteiger partial charge in [0.15, 0.2) is 0 Å². The Morgan fingerprint density at radius 3 is 2.50 bits per heavy atom. The Bertz CT molecular complexity index is 1090. The van der Waals surface area contributed by atoms with Gasteiger partial charge in [0.05, 0.1) is 5.56 Å². The summed E-state index contributed by atoms with van der Waals surface area (Å²) in [6.45, 7) is -0.697. The third-order valence-corrected chi connectivity index (χ3v) is 6.14. The van der Waals surface area contributed by atoms with Gasteiger partial charge in [-0.15, -0.1) is 0 Å². The molecule has 0 radical (unpaired) electrons. The molecule has 0 spiro atoms. The van der Waals surface area contributed by atoms with Crippen LogP contribution in [0.4, 0.5) is 32.3 Å². The number of nitrogens with one attached hydrogen (secondary N) is 2. The maximum atomic E-state index is 14.2. The molecule has 2 fully saturated rings. The highest BCUT2D eigenvalue weighted by Gasteiger charge is 2.59. The number of hydrogen-bond acceptors (Lipinski definition) is 6. The zero-order chi connectivity index (χ0) is 24.7. The fraction of sp³-hybridized carbons (Fsp3) is 0.400. The Morgan fingerprint density at radius 2 is 1.91 bits per heavy atom. The van der Waals surface area contributed by atoms with Crippen molar-refractivity contribution in [1.29, 1.82) is 0 Å². The van der Waals surface area contributed by atoms with Gasteiger partial charge in [-0.3, -0.25) is 9.63 Å². The summed E-state index contributed by atoms with van der Waals surface area (Å²) < 4.78 is 81.9. The van der Waals surface area contributed by atoms with Crippen molar-refractivity contribution in [2.75, 3.05) is 24.6 Å². The first-order valence-electron chi connectivity index (χ1n) is 9.95. The third kappa shape index (κ3) is 4.51. The summed E-state index contributed by atoms with van der Waals surface area (Å²) >= 11 is 5.20. The van der Waals surface area contributed by atoms with Gasteiger partial charge >= 0.3 is 12.4 Å². The minimum absolute atomic E-state index is 0.0217. The number of hydroxylamine groups is 1. The first-order chi connectivity index (χ1) is 15.9. The molecule has 3 heterocycles. The largest absolute Gasteiger partial charge is 0.416 e. The van der Waals surface area contributed by atoms with E-state index >= 15 is 0 Å². The van der Waals surface area contributed by atoms with Crippen LogP contribution < -0.4 is 15.7 Å². The standard InChI is InChI=1S/C20H17F6N5O2S/c21-19(22,23)13-3-1-2-12(6-13)18(20(24,25)26)4-5-31(10-18)17-27-7-11(8-28-17)16(34)29-14-9-33-30-15(14)32/h1-3,6-8,14H,4-5,9-10H2,(H,29,34)(H,30,32). The Morgan fingerprint density at radius 1 is 1.21 bits per heavy atom. The van der Waals surface area contributed by atoms with Gasteiger partial charge in [0.1, 0.15) is 23.1 Å². The molecule has 7 nitrogen and oxygen atoms in total. The molecule has 2 unspecified atom stereocenters. The average Bonchev–Trinajstić information content (AvgIpc) is 3.41. The lowest BCUT2D eigenvalue weighted by Crippen LogP contribution is -2.45. The van der Waals surface area contributed by atoms with E-state index in [1.165, 1.54) is 17.3 Å². The normalized spacial score (nSPS) is 23.2. The molecule has 182 valence electrons. The number of amides is 1.